The lowest BCUT2D eigenvalue weighted by molar-refractivity contribution is -0.363. The average molecular weight is 670 g/mol. The van der Waals surface area contributed by atoms with Crippen LogP contribution in [-0.4, -0.2) is 164 Å². The molecular formula is C29H51NO16. The van der Waals surface area contributed by atoms with Gasteiger partial charge in [-0.15, -0.1) is 0 Å². The molecule has 0 aromatic carbocycles. The fraction of sp³-hybridized carbons (Fsp3) is 0.931. The number of rotatable bonds is 16. The fourth-order valence-corrected chi connectivity index (χ4v) is 5.45. The Morgan fingerprint density at radius 3 is 1.80 bits per heavy atom. The molecule has 0 radical (unpaired) electrons. The van der Waals surface area contributed by atoms with Crippen molar-refractivity contribution in [1.29, 1.82) is 0 Å². The van der Waals surface area contributed by atoms with Crippen LogP contribution in [0.2, 0.25) is 0 Å². The van der Waals surface area contributed by atoms with E-state index in [4.69, 9.17) is 28.4 Å². The molecule has 1 amide bonds. The molecule has 15 atom stereocenters. The lowest BCUT2D eigenvalue weighted by Crippen LogP contribution is -2.64. The van der Waals surface area contributed by atoms with Gasteiger partial charge in [0.1, 0.15) is 66.8 Å². The van der Waals surface area contributed by atoms with E-state index in [-0.39, 0.29) is 31.1 Å². The Bertz CT molecular complexity index is 945. The normalized spacial score (nSPS) is 41.7. The highest BCUT2D eigenvalue weighted by molar-refractivity contribution is 5.78. The van der Waals surface area contributed by atoms with Crippen molar-refractivity contribution in [2.45, 2.75) is 151 Å². The molecule has 3 rings (SSSR count). The van der Waals surface area contributed by atoms with Crippen molar-refractivity contribution in [3.05, 3.63) is 0 Å². The summed E-state index contributed by atoms with van der Waals surface area (Å²) in [5, 5.41) is 85.8. The van der Waals surface area contributed by atoms with Crippen LogP contribution in [0.15, 0.2) is 0 Å². The predicted molar refractivity (Wildman–Crippen MR) is 154 cm³/mol. The largest absolute Gasteiger partial charge is 0.388 e. The molecule has 0 aromatic heterocycles. The first kappa shape index (κ1) is 39.0. The highest BCUT2D eigenvalue weighted by Crippen LogP contribution is 2.31. The minimum absolute atomic E-state index is 0.0293. The monoisotopic (exact) mass is 669 g/mol. The summed E-state index contributed by atoms with van der Waals surface area (Å²) in [5.74, 6) is -0.0925. The number of unbranched alkanes of at least 4 members (excludes halogenated alkanes) is 1. The van der Waals surface area contributed by atoms with Gasteiger partial charge in [-0.2, -0.15) is 0 Å². The zero-order chi connectivity index (χ0) is 34.1. The summed E-state index contributed by atoms with van der Waals surface area (Å²) < 4.78 is 33.6. The standard InChI is InChI=1S/C29H51NO16/c1-4-30-17(32)10-6-5-8-15(31)9-7-11-41-28-25(40)26(46-29-24(39)22(37)19(34)14(3)44-29)20(35)16(45-28)12-42-27-23(38)21(36)18(33)13(2)43-27/h13-14,16,18-29,33-40H,4-12H2,1-3H3,(H,30,32)/t13-,14+,16-,18-,19-,20-,21+,22-,23+,24+,25+,26+,27-,28+,29-/m1/s1. The molecule has 17 nitrogen and oxygen atoms in total. The van der Waals surface area contributed by atoms with Crippen molar-refractivity contribution in [2.24, 2.45) is 0 Å². The summed E-state index contributed by atoms with van der Waals surface area (Å²) in [6.07, 6.45) is -19.6. The lowest BCUT2D eigenvalue weighted by atomic mass is 9.97. The van der Waals surface area contributed by atoms with E-state index in [9.17, 15) is 50.4 Å². The van der Waals surface area contributed by atoms with Crippen LogP contribution in [0.1, 0.15) is 59.3 Å². The fourth-order valence-electron chi connectivity index (χ4n) is 5.45. The van der Waals surface area contributed by atoms with Gasteiger partial charge in [0.2, 0.25) is 5.91 Å². The summed E-state index contributed by atoms with van der Waals surface area (Å²) >= 11 is 0. The Morgan fingerprint density at radius 2 is 1.17 bits per heavy atom. The van der Waals surface area contributed by atoms with Crippen LogP contribution >= 0.6 is 0 Å². The Hall–Kier alpha value is -1.42. The number of carbonyl (C=O) groups is 2. The van der Waals surface area contributed by atoms with Gasteiger partial charge in [-0.3, -0.25) is 9.59 Å². The molecule has 0 unspecified atom stereocenters. The lowest BCUT2D eigenvalue weighted by Gasteiger charge is -2.46. The van der Waals surface area contributed by atoms with Gasteiger partial charge in [0.15, 0.2) is 18.9 Å². The van der Waals surface area contributed by atoms with Crippen molar-refractivity contribution in [1.82, 2.24) is 5.32 Å². The Kier molecular flexibility index (Phi) is 15.6. The molecule has 3 aliphatic heterocycles. The van der Waals surface area contributed by atoms with Crippen LogP contribution in [0.5, 0.6) is 0 Å². The number of nitrogens with one attached hydrogen (secondary N) is 1. The first-order chi connectivity index (χ1) is 21.8. The molecule has 0 aliphatic carbocycles. The van der Waals surface area contributed by atoms with E-state index < -0.39 is 98.7 Å². The SMILES string of the molecule is CCNC(=O)CCCCC(=O)CCCO[C@H]1O[C@H](CO[C@@H]2O[C@H](C)[C@@H](O)[C@H](O)[C@@H]2O)[C@@H](O)[C@H](O[C@H]2O[C@@H](C)[C@@H](O)[C@@H](O)[C@@H]2O)[C@@H]1O. The number of amides is 1. The molecule has 9 N–H and O–H groups in total. The maximum absolute atomic E-state index is 12.3. The number of hydrogen-bond acceptors (Lipinski definition) is 16. The third-order valence-electron chi connectivity index (χ3n) is 8.34. The molecule has 0 aromatic rings. The minimum Gasteiger partial charge on any atom is -0.388 e. The molecule has 0 bridgehead atoms. The number of aliphatic hydroxyl groups is 8. The van der Waals surface area contributed by atoms with E-state index in [1.54, 1.807) is 0 Å². The van der Waals surface area contributed by atoms with Crippen molar-refractivity contribution >= 4 is 11.7 Å². The van der Waals surface area contributed by atoms with Gasteiger partial charge in [-0.05, 0) is 40.0 Å². The summed E-state index contributed by atoms with van der Waals surface area (Å²) in [7, 11) is 0. The first-order valence-corrected chi connectivity index (χ1v) is 15.8. The third-order valence-corrected chi connectivity index (χ3v) is 8.34. The Morgan fingerprint density at radius 1 is 0.630 bits per heavy atom. The molecule has 0 spiro atoms. The van der Waals surface area contributed by atoms with Gasteiger partial charge in [-0.1, -0.05) is 0 Å². The van der Waals surface area contributed by atoms with Crippen LogP contribution in [0, 0.1) is 0 Å². The smallest absolute Gasteiger partial charge is 0.219 e. The van der Waals surface area contributed by atoms with Gasteiger partial charge < -0.3 is 74.6 Å². The van der Waals surface area contributed by atoms with E-state index in [0.717, 1.165) is 0 Å². The first-order valence-electron chi connectivity index (χ1n) is 15.8. The van der Waals surface area contributed by atoms with Gasteiger partial charge in [0.05, 0.1) is 25.4 Å². The maximum Gasteiger partial charge on any atom is 0.219 e. The maximum atomic E-state index is 12.3. The molecule has 46 heavy (non-hydrogen) atoms. The van der Waals surface area contributed by atoms with Crippen molar-refractivity contribution in [2.75, 3.05) is 19.8 Å². The number of ketones is 1. The molecule has 0 saturated carbocycles. The Labute approximate surface area is 267 Å². The second-order valence-electron chi connectivity index (χ2n) is 12.0. The predicted octanol–water partition coefficient (Wildman–Crippen LogP) is -3.45. The van der Waals surface area contributed by atoms with E-state index >= 15 is 0 Å². The second kappa shape index (κ2) is 18.4. The van der Waals surface area contributed by atoms with Crippen LogP contribution in [0.3, 0.4) is 0 Å². The topological polar surface area (TPSA) is 263 Å². The Balaban J connectivity index is 1.60. The number of hydrogen-bond donors (Lipinski definition) is 9. The third kappa shape index (κ3) is 10.3. The molecule has 17 heteroatoms. The highest BCUT2D eigenvalue weighted by atomic mass is 16.7. The number of ether oxygens (including phenoxy) is 6. The average Bonchev–Trinajstić information content (AvgIpc) is 3.02. The van der Waals surface area contributed by atoms with Gasteiger partial charge >= 0.3 is 0 Å². The van der Waals surface area contributed by atoms with E-state index in [2.05, 4.69) is 5.32 Å². The second-order valence-corrected chi connectivity index (χ2v) is 12.0. The molecule has 3 aliphatic rings. The van der Waals surface area contributed by atoms with Crippen LogP contribution < -0.4 is 5.32 Å². The molecule has 3 saturated heterocycles. The minimum atomic E-state index is -1.74. The number of aliphatic hydroxyl groups excluding tert-OH is 8. The van der Waals surface area contributed by atoms with Crippen molar-refractivity contribution in [3.8, 4) is 0 Å². The van der Waals surface area contributed by atoms with Crippen LogP contribution in [0.25, 0.3) is 0 Å². The number of Topliss-reactive ketones (excluding diaryl/α,β-unsaturated/α-hetero) is 1. The van der Waals surface area contributed by atoms with Crippen molar-refractivity contribution < 1.29 is 78.9 Å². The van der Waals surface area contributed by atoms with Gasteiger partial charge in [-0.25, -0.2) is 0 Å². The van der Waals surface area contributed by atoms with E-state index in [0.29, 0.717) is 32.2 Å². The summed E-state index contributed by atoms with van der Waals surface area (Å²) in [6.45, 7) is 4.75. The number of carbonyl (C=O) groups excluding carboxylic acids is 2. The van der Waals surface area contributed by atoms with Crippen LogP contribution in [0.4, 0.5) is 0 Å². The summed E-state index contributed by atoms with van der Waals surface area (Å²) in [5.41, 5.74) is 0. The molecule has 268 valence electrons. The van der Waals surface area contributed by atoms with Crippen molar-refractivity contribution in [3.63, 3.8) is 0 Å². The zero-order valence-corrected chi connectivity index (χ0v) is 26.4. The summed E-state index contributed by atoms with van der Waals surface area (Å²) in [6, 6.07) is 0. The van der Waals surface area contributed by atoms with E-state index in [1.807, 2.05) is 6.92 Å². The molecule has 3 heterocycles. The highest BCUT2D eigenvalue weighted by Gasteiger charge is 2.51. The zero-order valence-electron chi connectivity index (χ0n) is 26.4. The van der Waals surface area contributed by atoms with E-state index in [1.165, 1.54) is 13.8 Å². The summed E-state index contributed by atoms with van der Waals surface area (Å²) in [4.78, 5) is 23.8. The molecular weight excluding hydrogens is 618 g/mol. The molecule has 3 fully saturated rings. The van der Waals surface area contributed by atoms with Gasteiger partial charge in [0.25, 0.3) is 0 Å². The van der Waals surface area contributed by atoms with Crippen LogP contribution in [-0.2, 0) is 38.0 Å². The quantitative estimate of drug-likeness (QED) is 0.0724. The van der Waals surface area contributed by atoms with Gasteiger partial charge in [0, 0.05) is 25.8 Å².